The number of halogens is 3. The Labute approximate surface area is 105 Å². The molecule has 0 aromatic carbocycles. The summed E-state index contributed by atoms with van der Waals surface area (Å²) in [6, 6.07) is 0.330. The predicted octanol–water partition coefficient (Wildman–Crippen LogP) is 2.71. The van der Waals surface area contributed by atoms with Gasteiger partial charge in [0.25, 0.3) is 0 Å². The highest BCUT2D eigenvalue weighted by atomic mass is 32.1. The molecule has 3 unspecified atom stereocenters. The zero-order valence-electron chi connectivity index (χ0n) is 10.1. The van der Waals surface area contributed by atoms with E-state index in [0.717, 1.165) is 19.3 Å². The SMILES string of the molecule is CC1CCCC(C)N1CC(C(N)=S)C(F)(F)F. The van der Waals surface area contributed by atoms with Crippen molar-refractivity contribution in [2.24, 2.45) is 11.7 Å². The minimum atomic E-state index is -4.34. The molecule has 0 spiro atoms. The maximum Gasteiger partial charge on any atom is 0.399 e. The summed E-state index contributed by atoms with van der Waals surface area (Å²) in [5.74, 6) is -1.69. The van der Waals surface area contributed by atoms with Crippen LogP contribution in [0.5, 0.6) is 0 Å². The molecule has 2 N–H and O–H groups in total. The summed E-state index contributed by atoms with van der Waals surface area (Å²) in [5.41, 5.74) is 5.22. The van der Waals surface area contributed by atoms with Gasteiger partial charge in [0.1, 0.15) is 5.92 Å². The third-order valence-corrected chi connectivity index (χ3v) is 3.79. The van der Waals surface area contributed by atoms with Crippen LogP contribution in [0.2, 0.25) is 0 Å². The fourth-order valence-electron chi connectivity index (χ4n) is 2.40. The van der Waals surface area contributed by atoms with Crippen LogP contribution in [0.15, 0.2) is 0 Å². The van der Waals surface area contributed by atoms with Crippen LogP contribution >= 0.6 is 12.2 Å². The molecule has 0 saturated carbocycles. The van der Waals surface area contributed by atoms with E-state index in [-0.39, 0.29) is 18.6 Å². The van der Waals surface area contributed by atoms with E-state index in [2.05, 4.69) is 12.2 Å². The molecule has 17 heavy (non-hydrogen) atoms. The maximum atomic E-state index is 12.8. The Morgan fingerprint density at radius 2 is 1.82 bits per heavy atom. The molecule has 0 aliphatic carbocycles. The second-order valence-corrected chi connectivity index (χ2v) is 5.29. The largest absolute Gasteiger partial charge is 0.399 e. The number of rotatable bonds is 3. The quantitative estimate of drug-likeness (QED) is 0.798. The second kappa shape index (κ2) is 5.52. The molecule has 0 bridgehead atoms. The Hall–Kier alpha value is -0.360. The van der Waals surface area contributed by atoms with Crippen LogP contribution in [0.25, 0.3) is 0 Å². The van der Waals surface area contributed by atoms with Crippen molar-refractivity contribution in [1.82, 2.24) is 4.90 Å². The van der Waals surface area contributed by atoms with Crippen molar-refractivity contribution in [1.29, 1.82) is 0 Å². The van der Waals surface area contributed by atoms with Crippen molar-refractivity contribution in [2.45, 2.75) is 51.4 Å². The highest BCUT2D eigenvalue weighted by molar-refractivity contribution is 7.80. The number of hydrogen-bond acceptors (Lipinski definition) is 2. The molecule has 2 nitrogen and oxygen atoms in total. The van der Waals surface area contributed by atoms with Gasteiger partial charge in [0.15, 0.2) is 0 Å². The van der Waals surface area contributed by atoms with Crippen molar-refractivity contribution >= 4 is 17.2 Å². The molecule has 1 rings (SSSR count). The van der Waals surface area contributed by atoms with Crippen LogP contribution in [0.4, 0.5) is 13.2 Å². The average Bonchev–Trinajstić information content (AvgIpc) is 2.14. The van der Waals surface area contributed by atoms with E-state index in [1.54, 1.807) is 0 Å². The van der Waals surface area contributed by atoms with Gasteiger partial charge in [0.05, 0.1) is 4.99 Å². The van der Waals surface area contributed by atoms with Crippen molar-refractivity contribution in [3.63, 3.8) is 0 Å². The van der Waals surface area contributed by atoms with E-state index in [9.17, 15) is 13.2 Å². The molecule has 0 radical (unpaired) electrons. The second-order valence-electron chi connectivity index (χ2n) is 4.82. The van der Waals surface area contributed by atoms with Crippen molar-refractivity contribution in [3.05, 3.63) is 0 Å². The molecular weight excluding hydrogens is 249 g/mol. The van der Waals surface area contributed by atoms with E-state index < -0.39 is 17.1 Å². The lowest BCUT2D eigenvalue weighted by molar-refractivity contribution is -0.162. The minimum absolute atomic E-state index is 0.110. The van der Waals surface area contributed by atoms with Gasteiger partial charge in [-0.05, 0) is 26.7 Å². The molecule has 3 atom stereocenters. The van der Waals surface area contributed by atoms with Gasteiger partial charge in [0, 0.05) is 18.6 Å². The number of hydrogen-bond donors (Lipinski definition) is 1. The fraction of sp³-hybridized carbons (Fsp3) is 0.909. The summed E-state index contributed by atoms with van der Waals surface area (Å²) in [4.78, 5) is 1.42. The van der Waals surface area contributed by atoms with E-state index in [1.165, 1.54) is 0 Å². The van der Waals surface area contributed by atoms with Crippen LogP contribution < -0.4 is 5.73 Å². The summed E-state index contributed by atoms with van der Waals surface area (Å²) in [7, 11) is 0. The molecule has 1 fully saturated rings. The van der Waals surface area contributed by atoms with E-state index in [4.69, 9.17) is 5.73 Å². The molecule has 6 heteroatoms. The van der Waals surface area contributed by atoms with Crippen molar-refractivity contribution < 1.29 is 13.2 Å². The Morgan fingerprint density at radius 3 is 2.18 bits per heavy atom. The minimum Gasteiger partial charge on any atom is -0.393 e. The number of likely N-dealkylation sites (tertiary alicyclic amines) is 1. The van der Waals surface area contributed by atoms with Gasteiger partial charge in [-0.15, -0.1) is 0 Å². The van der Waals surface area contributed by atoms with Gasteiger partial charge < -0.3 is 5.73 Å². The van der Waals surface area contributed by atoms with E-state index in [0.29, 0.717) is 0 Å². The monoisotopic (exact) mass is 268 g/mol. The molecule has 100 valence electrons. The summed E-state index contributed by atoms with van der Waals surface area (Å²) < 4.78 is 38.4. The lowest BCUT2D eigenvalue weighted by Crippen LogP contribution is -2.51. The molecule has 1 aliphatic rings. The number of alkyl halides is 3. The number of piperidine rings is 1. The summed E-state index contributed by atoms with van der Waals surface area (Å²) in [6.45, 7) is 3.81. The van der Waals surface area contributed by atoms with Crippen LogP contribution in [0.3, 0.4) is 0 Å². The van der Waals surface area contributed by atoms with Gasteiger partial charge in [-0.2, -0.15) is 13.2 Å². The van der Waals surface area contributed by atoms with E-state index >= 15 is 0 Å². The summed E-state index contributed by atoms with van der Waals surface area (Å²) >= 11 is 4.54. The van der Waals surface area contributed by atoms with Gasteiger partial charge in [-0.25, -0.2) is 0 Å². The number of thiocarbonyl (C=S) groups is 1. The van der Waals surface area contributed by atoms with Crippen LogP contribution in [0.1, 0.15) is 33.1 Å². The van der Waals surface area contributed by atoms with Gasteiger partial charge in [-0.3, -0.25) is 4.90 Å². The third-order valence-electron chi connectivity index (χ3n) is 3.51. The van der Waals surface area contributed by atoms with Crippen LogP contribution in [-0.2, 0) is 0 Å². The first-order valence-corrected chi connectivity index (χ1v) is 6.26. The lowest BCUT2D eigenvalue weighted by Gasteiger charge is -2.41. The Kier molecular flexibility index (Phi) is 4.77. The molecule has 0 aromatic rings. The first kappa shape index (κ1) is 14.7. The smallest absolute Gasteiger partial charge is 0.393 e. The average molecular weight is 268 g/mol. The molecular formula is C11H19F3N2S. The normalized spacial score (nSPS) is 29.0. The lowest BCUT2D eigenvalue weighted by atomic mass is 9.95. The Bertz CT molecular complexity index is 270. The Balaban J connectivity index is 2.75. The molecule has 1 saturated heterocycles. The standard InChI is InChI=1S/C11H19F3N2S/c1-7-4-3-5-8(2)16(7)6-9(10(15)17)11(12,13)14/h7-9H,3-6H2,1-2H3,(H2,15,17). The predicted molar refractivity (Wildman–Crippen MR) is 65.8 cm³/mol. The molecule has 0 amide bonds. The van der Waals surface area contributed by atoms with E-state index in [1.807, 2.05) is 18.7 Å². The molecule has 0 aromatic heterocycles. The molecule has 1 aliphatic heterocycles. The highest BCUT2D eigenvalue weighted by Gasteiger charge is 2.44. The number of nitrogens with two attached hydrogens (primary N) is 1. The highest BCUT2D eigenvalue weighted by Crippen LogP contribution is 2.31. The summed E-state index contributed by atoms with van der Waals surface area (Å²) in [6.07, 6.45) is -1.40. The van der Waals surface area contributed by atoms with Crippen LogP contribution in [-0.4, -0.2) is 34.7 Å². The Morgan fingerprint density at radius 1 is 1.35 bits per heavy atom. The van der Waals surface area contributed by atoms with Gasteiger partial charge in [0.2, 0.25) is 0 Å². The van der Waals surface area contributed by atoms with Crippen molar-refractivity contribution in [3.8, 4) is 0 Å². The first-order valence-electron chi connectivity index (χ1n) is 5.85. The summed E-state index contributed by atoms with van der Waals surface area (Å²) in [5, 5.41) is 0. The topological polar surface area (TPSA) is 29.3 Å². The zero-order valence-corrected chi connectivity index (χ0v) is 10.9. The number of nitrogens with zero attached hydrogens (tertiary/aromatic N) is 1. The maximum absolute atomic E-state index is 12.8. The first-order chi connectivity index (χ1) is 7.73. The zero-order chi connectivity index (χ0) is 13.2. The molecule has 1 heterocycles. The van der Waals surface area contributed by atoms with Gasteiger partial charge >= 0.3 is 6.18 Å². The van der Waals surface area contributed by atoms with Crippen molar-refractivity contribution in [2.75, 3.05) is 6.54 Å². The van der Waals surface area contributed by atoms with Gasteiger partial charge in [-0.1, -0.05) is 18.6 Å². The fourth-order valence-corrected chi connectivity index (χ4v) is 2.61. The van der Waals surface area contributed by atoms with Crippen LogP contribution in [0, 0.1) is 5.92 Å². The third kappa shape index (κ3) is 3.81.